The molecular formula is C34H24N6O16S4-4. The fraction of sp³-hybridized carbons (Fsp3) is 0.0588. The van der Waals surface area contributed by atoms with Crippen molar-refractivity contribution >= 4 is 98.4 Å². The van der Waals surface area contributed by atoms with Crippen LogP contribution in [0.2, 0.25) is 0 Å². The van der Waals surface area contributed by atoms with Crippen LogP contribution in [0.1, 0.15) is 31.8 Å². The summed E-state index contributed by atoms with van der Waals surface area (Å²) in [5.74, 6) is -2.25. The van der Waals surface area contributed by atoms with Crippen molar-refractivity contribution in [3.05, 3.63) is 92.7 Å². The number of rotatable bonds is 11. The van der Waals surface area contributed by atoms with Gasteiger partial charge in [-0.05, 0) is 82.9 Å². The molecule has 4 aromatic rings. The Morgan fingerprint density at radius 2 is 0.883 bits per heavy atom. The molecule has 2 aliphatic carbocycles. The number of nitrogens with zero attached hydrogens (tertiary/aromatic N) is 2. The second-order valence-electron chi connectivity index (χ2n) is 12.4. The van der Waals surface area contributed by atoms with Crippen LogP contribution >= 0.6 is 0 Å². The van der Waals surface area contributed by atoms with Crippen molar-refractivity contribution in [3.8, 4) is 22.6 Å². The SMILES string of the molecule is COc1cc(-c2ccc(NN=C3C(=O)c4c(N)cc(S(=O)(=O)[O-])cc4C=C3S(=O)(=O)[O-])c(OC)c2)ccc1NN=C1C(=O)c2c(N)cc(S(=O)(=O)[O-])cc2C=C1S(=O)(=O)[O-]. The molecule has 0 saturated carbocycles. The van der Waals surface area contributed by atoms with Crippen LogP contribution in [-0.4, -0.2) is 89.1 Å². The van der Waals surface area contributed by atoms with Crippen LogP contribution in [-0.2, 0) is 40.5 Å². The number of hydrogen-bond donors (Lipinski definition) is 4. The fourth-order valence-electron chi connectivity index (χ4n) is 5.99. The number of Topliss-reactive ketones (excluding diaryl/α,β-unsaturated/α-hetero) is 2. The van der Waals surface area contributed by atoms with Crippen LogP contribution in [0.3, 0.4) is 0 Å². The summed E-state index contributed by atoms with van der Waals surface area (Å²) < 4.78 is 153. The molecule has 22 nitrogen and oxygen atoms in total. The molecule has 0 heterocycles. The molecule has 0 radical (unpaired) electrons. The molecule has 0 unspecified atom stereocenters. The zero-order chi connectivity index (χ0) is 44.3. The normalized spacial score (nSPS) is 15.8. The van der Waals surface area contributed by atoms with Gasteiger partial charge in [-0.2, -0.15) is 10.2 Å². The molecular weight excluding hydrogens is 877 g/mol. The van der Waals surface area contributed by atoms with E-state index >= 15 is 0 Å². The molecule has 0 saturated heterocycles. The van der Waals surface area contributed by atoms with Crippen molar-refractivity contribution in [1.82, 2.24) is 0 Å². The number of methoxy groups -OCH3 is 2. The van der Waals surface area contributed by atoms with E-state index in [-0.39, 0.29) is 22.9 Å². The summed E-state index contributed by atoms with van der Waals surface area (Å²) in [4.78, 5) is 22.8. The topological polar surface area (TPSA) is 382 Å². The standard InChI is InChI=1S/C34H28N6O16S4/c1-55-25-9-15(3-5-23(25)37-39-31-27(59(49,50)51)11-17-7-19(57(43,44)45)13-21(35)29(17)33(31)41)16-4-6-24(26(10-16)56-2)38-40-32-28(60(52,53)54)12-18-8-20(58(46,47)48)14-22(36)30(18)34(32)42/h3-14,37-38H,35-36H2,1-2H3,(H,43,44,45)(H,46,47,48)(H,49,50,51)(H,52,53,54)/p-4. The predicted molar refractivity (Wildman–Crippen MR) is 209 cm³/mol. The van der Waals surface area contributed by atoms with Gasteiger partial charge in [0.1, 0.15) is 63.4 Å². The first kappa shape index (κ1) is 43.1. The number of nitrogen functional groups attached to an aromatic ring is 2. The summed E-state index contributed by atoms with van der Waals surface area (Å²) in [5.41, 5.74) is 13.1. The molecule has 4 aromatic carbocycles. The van der Waals surface area contributed by atoms with Gasteiger partial charge in [0, 0.05) is 11.4 Å². The summed E-state index contributed by atoms with van der Waals surface area (Å²) in [6.07, 6.45) is 1.32. The molecule has 0 atom stereocenters. The Kier molecular flexibility index (Phi) is 11.0. The molecule has 0 spiro atoms. The Hall–Kier alpha value is -6.52. The number of anilines is 4. The number of ketones is 2. The molecule has 0 aliphatic heterocycles. The van der Waals surface area contributed by atoms with Gasteiger partial charge in [0.2, 0.25) is 11.6 Å². The van der Waals surface area contributed by atoms with E-state index in [9.17, 15) is 61.5 Å². The Morgan fingerprint density at radius 1 is 0.533 bits per heavy atom. The second kappa shape index (κ2) is 15.3. The average Bonchev–Trinajstić information content (AvgIpc) is 3.14. The Bertz CT molecular complexity index is 2960. The van der Waals surface area contributed by atoms with E-state index in [4.69, 9.17) is 20.9 Å². The van der Waals surface area contributed by atoms with Crippen molar-refractivity contribution in [1.29, 1.82) is 0 Å². The Morgan fingerprint density at radius 3 is 1.18 bits per heavy atom. The van der Waals surface area contributed by atoms with Crippen molar-refractivity contribution < 1.29 is 70.9 Å². The summed E-state index contributed by atoms with van der Waals surface area (Å²) >= 11 is 0. The summed E-state index contributed by atoms with van der Waals surface area (Å²) in [6.45, 7) is 0. The van der Waals surface area contributed by atoms with Gasteiger partial charge in [-0.3, -0.25) is 20.4 Å². The maximum atomic E-state index is 13.4. The smallest absolute Gasteiger partial charge is 0.217 e. The van der Waals surface area contributed by atoms with E-state index < -0.39 is 117 Å². The monoisotopic (exact) mass is 900 g/mol. The quantitative estimate of drug-likeness (QED) is 0.0939. The molecule has 60 heavy (non-hydrogen) atoms. The lowest BCUT2D eigenvalue weighted by atomic mass is 9.93. The summed E-state index contributed by atoms with van der Waals surface area (Å²) in [6, 6.07) is 11.5. The van der Waals surface area contributed by atoms with E-state index in [0.717, 1.165) is 0 Å². The number of fused-ring (bicyclic) bond motifs is 2. The van der Waals surface area contributed by atoms with E-state index in [0.29, 0.717) is 47.5 Å². The van der Waals surface area contributed by atoms with Crippen LogP contribution in [0.5, 0.6) is 11.5 Å². The van der Waals surface area contributed by atoms with Gasteiger partial charge < -0.3 is 39.2 Å². The predicted octanol–water partition coefficient (Wildman–Crippen LogP) is 1.44. The molecule has 0 fully saturated rings. The minimum Gasteiger partial charge on any atom is -0.744 e. The van der Waals surface area contributed by atoms with Crippen LogP contribution < -0.4 is 31.8 Å². The third-order valence-corrected chi connectivity index (χ3v) is 12.0. The first-order valence-corrected chi connectivity index (χ1v) is 21.7. The molecule has 0 amide bonds. The number of benzene rings is 4. The van der Waals surface area contributed by atoms with Gasteiger partial charge in [-0.15, -0.1) is 0 Å². The molecule has 0 bridgehead atoms. The third-order valence-electron chi connectivity index (χ3n) is 8.70. The minimum absolute atomic E-state index is 0.0410. The van der Waals surface area contributed by atoms with E-state index in [1.165, 1.54) is 50.6 Å². The number of nitrogens with two attached hydrogens (primary N) is 2. The lowest BCUT2D eigenvalue weighted by molar-refractivity contribution is 0.105. The van der Waals surface area contributed by atoms with Gasteiger partial charge >= 0.3 is 0 Å². The van der Waals surface area contributed by atoms with Crippen LogP contribution in [0.4, 0.5) is 22.7 Å². The Labute approximate surface area is 339 Å². The number of hydrazone groups is 2. The lowest BCUT2D eigenvalue weighted by Crippen LogP contribution is -2.28. The average molecular weight is 901 g/mol. The third kappa shape index (κ3) is 8.33. The fourth-order valence-corrected chi connectivity index (χ4v) is 8.37. The van der Waals surface area contributed by atoms with Gasteiger partial charge in [-0.1, -0.05) is 12.1 Å². The van der Waals surface area contributed by atoms with Crippen LogP contribution in [0, 0.1) is 0 Å². The number of carbonyl (C=O) groups is 2. The van der Waals surface area contributed by atoms with E-state index in [1.54, 1.807) is 0 Å². The molecule has 6 N–H and O–H groups in total. The van der Waals surface area contributed by atoms with E-state index in [2.05, 4.69) is 21.1 Å². The molecule has 0 aromatic heterocycles. The first-order valence-electron chi connectivity index (χ1n) is 16.1. The number of nitrogens with one attached hydrogen (secondary N) is 2. The molecule has 314 valence electrons. The van der Waals surface area contributed by atoms with Crippen LogP contribution in [0.25, 0.3) is 23.3 Å². The first-order chi connectivity index (χ1) is 27.8. The highest BCUT2D eigenvalue weighted by atomic mass is 32.2. The van der Waals surface area contributed by atoms with Crippen molar-refractivity contribution in [2.45, 2.75) is 9.79 Å². The highest BCUT2D eigenvalue weighted by molar-refractivity contribution is 7.91. The molecule has 26 heteroatoms. The minimum atomic E-state index is -5.43. The molecule has 2 aliphatic rings. The molecule has 6 rings (SSSR count). The van der Waals surface area contributed by atoms with Gasteiger partial charge in [0.25, 0.3) is 0 Å². The van der Waals surface area contributed by atoms with E-state index in [1.807, 2.05) is 0 Å². The van der Waals surface area contributed by atoms with Gasteiger partial charge in [0.15, 0.2) is 0 Å². The number of allylic oxidation sites excluding steroid dienone is 2. The summed E-state index contributed by atoms with van der Waals surface area (Å²) in [5, 5.41) is 7.69. The second-order valence-corrected chi connectivity index (χ2v) is 17.9. The number of ether oxygens (including phenoxy) is 2. The highest BCUT2D eigenvalue weighted by Crippen LogP contribution is 2.37. The maximum absolute atomic E-state index is 13.4. The van der Waals surface area contributed by atoms with Crippen molar-refractivity contribution in [2.75, 3.05) is 36.5 Å². The largest absolute Gasteiger partial charge is 0.744 e. The van der Waals surface area contributed by atoms with Crippen LogP contribution in [0.15, 0.2) is 90.5 Å². The van der Waals surface area contributed by atoms with Crippen molar-refractivity contribution in [3.63, 3.8) is 0 Å². The zero-order valence-corrected chi connectivity index (χ0v) is 33.4. The van der Waals surface area contributed by atoms with Crippen molar-refractivity contribution in [2.24, 2.45) is 10.2 Å². The maximum Gasteiger partial charge on any atom is 0.217 e. The number of hydrogen-bond acceptors (Lipinski definition) is 22. The Balaban J connectivity index is 1.31. The van der Waals surface area contributed by atoms with Gasteiger partial charge in [0.05, 0.1) is 56.3 Å². The highest BCUT2D eigenvalue weighted by Gasteiger charge is 2.34. The summed E-state index contributed by atoms with van der Waals surface area (Å²) in [7, 11) is -18.5. The van der Waals surface area contributed by atoms with Gasteiger partial charge in [-0.25, -0.2) is 33.7 Å². The zero-order valence-electron chi connectivity index (χ0n) is 30.1. The number of carbonyl (C=O) groups excluding carboxylic acids is 2. The lowest BCUT2D eigenvalue weighted by Gasteiger charge is -2.22.